The minimum atomic E-state index is -0.416. The summed E-state index contributed by atoms with van der Waals surface area (Å²) in [6.07, 6.45) is 1.64. The number of aliphatic hydroxyl groups excluding tert-OH is 1. The summed E-state index contributed by atoms with van der Waals surface area (Å²) in [4.78, 5) is 0. The van der Waals surface area contributed by atoms with E-state index in [2.05, 4.69) is 31.2 Å². The van der Waals surface area contributed by atoms with Crippen molar-refractivity contribution in [3.8, 4) is 0 Å². The van der Waals surface area contributed by atoms with Crippen LogP contribution in [-0.4, -0.2) is 11.7 Å². The predicted octanol–water partition coefficient (Wildman–Crippen LogP) is 1.81. The molecule has 1 aromatic rings. The van der Waals surface area contributed by atoms with Gasteiger partial charge >= 0.3 is 0 Å². The van der Waals surface area contributed by atoms with E-state index < -0.39 is 5.54 Å². The molecule has 0 spiro atoms. The minimum Gasteiger partial charge on any atom is -0.396 e. The Morgan fingerprint density at radius 1 is 1.29 bits per heavy atom. The smallest absolute Gasteiger partial charge is 0.0451 e. The summed E-state index contributed by atoms with van der Waals surface area (Å²) >= 11 is 0. The molecule has 1 unspecified atom stereocenters. The Morgan fingerprint density at radius 3 is 2.29 bits per heavy atom. The van der Waals surface area contributed by atoms with Gasteiger partial charge in [-0.1, -0.05) is 31.2 Å². The van der Waals surface area contributed by atoms with Crippen molar-refractivity contribution in [3.05, 3.63) is 35.4 Å². The van der Waals surface area contributed by atoms with Crippen molar-refractivity contribution in [1.82, 2.24) is 0 Å². The zero-order chi connectivity index (χ0) is 10.6. The van der Waals surface area contributed by atoms with E-state index in [0.717, 1.165) is 12.0 Å². The third-order valence-corrected chi connectivity index (χ3v) is 2.65. The van der Waals surface area contributed by atoms with E-state index in [-0.39, 0.29) is 6.61 Å². The van der Waals surface area contributed by atoms with Crippen LogP contribution in [0.1, 0.15) is 31.4 Å². The molecule has 0 fully saturated rings. The first kappa shape index (κ1) is 11.2. The molecular weight excluding hydrogens is 174 g/mol. The summed E-state index contributed by atoms with van der Waals surface area (Å²) in [5.41, 5.74) is 8.06. The Kier molecular flexibility index (Phi) is 3.67. The second-order valence-corrected chi connectivity index (χ2v) is 3.94. The van der Waals surface area contributed by atoms with Gasteiger partial charge in [-0.25, -0.2) is 0 Å². The van der Waals surface area contributed by atoms with Crippen LogP contribution in [0.4, 0.5) is 0 Å². The van der Waals surface area contributed by atoms with Crippen LogP contribution in [-0.2, 0) is 12.0 Å². The Bertz CT molecular complexity index is 277. The molecule has 0 aromatic heterocycles. The van der Waals surface area contributed by atoms with Crippen LogP contribution in [0.5, 0.6) is 0 Å². The number of aliphatic hydroxyl groups is 1. The van der Waals surface area contributed by atoms with Crippen LogP contribution in [0, 0.1) is 0 Å². The molecule has 0 aliphatic heterocycles. The molecule has 78 valence electrons. The van der Waals surface area contributed by atoms with Gasteiger partial charge in [0.1, 0.15) is 0 Å². The first-order valence-corrected chi connectivity index (χ1v) is 5.09. The van der Waals surface area contributed by atoms with Gasteiger partial charge in [0.25, 0.3) is 0 Å². The average Bonchev–Trinajstić information content (AvgIpc) is 2.18. The topological polar surface area (TPSA) is 46.2 Å². The van der Waals surface area contributed by atoms with E-state index in [1.807, 2.05) is 6.92 Å². The fourth-order valence-corrected chi connectivity index (χ4v) is 1.50. The van der Waals surface area contributed by atoms with E-state index in [1.165, 1.54) is 5.56 Å². The van der Waals surface area contributed by atoms with Crippen molar-refractivity contribution < 1.29 is 5.11 Å². The van der Waals surface area contributed by atoms with E-state index in [0.29, 0.717) is 6.42 Å². The second kappa shape index (κ2) is 4.58. The lowest BCUT2D eigenvalue weighted by molar-refractivity contribution is 0.247. The Hall–Kier alpha value is -0.860. The van der Waals surface area contributed by atoms with Gasteiger partial charge in [-0.2, -0.15) is 0 Å². The zero-order valence-corrected chi connectivity index (χ0v) is 8.96. The minimum absolute atomic E-state index is 0.128. The van der Waals surface area contributed by atoms with Gasteiger partial charge in [-0.3, -0.25) is 0 Å². The molecule has 14 heavy (non-hydrogen) atoms. The molecule has 3 N–H and O–H groups in total. The van der Waals surface area contributed by atoms with Gasteiger partial charge in [0, 0.05) is 12.1 Å². The molecule has 0 aliphatic rings. The molecule has 1 atom stereocenters. The van der Waals surface area contributed by atoms with Crippen molar-refractivity contribution in [2.75, 3.05) is 6.61 Å². The van der Waals surface area contributed by atoms with Crippen molar-refractivity contribution in [2.45, 2.75) is 32.2 Å². The molecule has 0 saturated carbocycles. The van der Waals surface area contributed by atoms with Crippen LogP contribution in [0.3, 0.4) is 0 Å². The lowest BCUT2D eigenvalue weighted by atomic mass is 9.89. The highest BCUT2D eigenvalue weighted by molar-refractivity contribution is 5.27. The highest BCUT2D eigenvalue weighted by Crippen LogP contribution is 2.21. The van der Waals surface area contributed by atoms with E-state index >= 15 is 0 Å². The number of benzene rings is 1. The first-order valence-electron chi connectivity index (χ1n) is 5.09. The largest absolute Gasteiger partial charge is 0.396 e. The maximum absolute atomic E-state index is 8.88. The van der Waals surface area contributed by atoms with E-state index in [1.54, 1.807) is 0 Å². The molecule has 0 radical (unpaired) electrons. The van der Waals surface area contributed by atoms with Crippen LogP contribution in [0.2, 0.25) is 0 Å². The molecule has 0 amide bonds. The maximum atomic E-state index is 8.88. The lowest BCUT2D eigenvalue weighted by Crippen LogP contribution is -2.33. The van der Waals surface area contributed by atoms with Crippen molar-refractivity contribution in [1.29, 1.82) is 0 Å². The van der Waals surface area contributed by atoms with Crippen LogP contribution in [0.25, 0.3) is 0 Å². The summed E-state index contributed by atoms with van der Waals surface area (Å²) in [5, 5.41) is 8.88. The number of nitrogens with two attached hydrogens (primary N) is 1. The Labute approximate surface area is 85.8 Å². The summed E-state index contributed by atoms with van der Waals surface area (Å²) in [5.74, 6) is 0. The number of rotatable bonds is 4. The predicted molar refractivity (Wildman–Crippen MR) is 59.1 cm³/mol. The third-order valence-electron chi connectivity index (χ3n) is 2.65. The fourth-order valence-electron chi connectivity index (χ4n) is 1.50. The Morgan fingerprint density at radius 2 is 1.86 bits per heavy atom. The van der Waals surface area contributed by atoms with Gasteiger partial charge in [-0.05, 0) is 30.9 Å². The van der Waals surface area contributed by atoms with Crippen LogP contribution in [0.15, 0.2) is 24.3 Å². The molecule has 0 aliphatic carbocycles. The number of hydrogen-bond acceptors (Lipinski definition) is 2. The summed E-state index contributed by atoms with van der Waals surface area (Å²) < 4.78 is 0. The van der Waals surface area contributed by atoms with Gasteiger partial charge < -0.3 is 10.8 Å². The van der Waals surface area contributed by atoms with Gasteiger partial charge in [0.15, 0.2) is 0 Å². The summed E-state index contributed by atoms with van der Waals surface area (Å²) in [6.45, 7) is 4.21. The lowest BCUT2D eigenvalue weighted by Gasteiger charge is -2.24. The van der Waals surface area contributed by atoms with Gasteiger partial charge in [-0.15, -0.1) is 0 Å². The van der Waals surface area contributed by atoms with Crippen molar-refractivity contribution in [2.24, 2.45) is 5.73 Å². The third kappa shape index (κ3) is 2.56. The zero-order valence-electron chi connectivity index (χ0n) is 8.96. The van der Waals surface area contributed by atoms with Gasteiger partial charge in [0.05, 0.1) is 0 Å². The molecule has 0 heterocycles. The summed E-state index contributed by atoms with van der Waals surface area (Å²) in [6, 6.07) is 8.29. The van der Waals surface area contributed by atoms with Crippen LogP contribution >= 0.6 is 0 Å². The standard InChI is InChI=1S/C12H19NO/c1-3-10-4-6-11(7-5-10)12(2,13)8-9-14/h4-7,14H,3,8-9,13H2,1-2H3. The molecular formula is C12H19NO. The van der Waals surface area contributed by atoms with Gasteiger partial charge in [0.2, 0.25) is 0 Å². The van der Waals surface area contributed by atoms with Crippen molar-refractivity contribution >= 4 is 0 Å². The number of hydrogen-bond donors (Lipinski definition) is 2. The average molecular weight is 193 g/mol. The normalized spacial score (nSPS) is 15.1. The molecule has 2 heteroatoms. The molecule has 2 nitrogen and oxygen atoms in total. The first-order chi connectivity index (χ1) is 6.60. The monoisotopic (exact) mass is 193 g/mol. The van der Waals surface area contributed by atoms with E-state index in [4.69, 9.17) is 10.8 Å². The highest BCUT2D eigenvalue weighted by Gasteiger charge is 2.19. The molecule has 0 saturated heterocycles. The maximum Gasteiger partial charge on any atom is 0.0451 e. The number of aryl methyl sites for hydroxylation is 1. The molecule has 1 aromatic carbocycles. The van der Waals surface area contributed by atoms with E-state index in [9.17, 15) is 0 Å². The quantitative estimate of drug-likeness (QED) is 0.766. The molecule has 1 rings (SSSR count). The van der Waals surface area contributed by atoms with Crippen molar-refractivity contribution in [3.63, 3.8) is 0 Å². The fraction of sp³-hybridized carbons (Fsp3) is 0.500. The highest BCUT2D eigenvalue weighted by atomic mass is 16.3. The molecule has 0 bridgehead atoms. The second-order valence-electron chi connectivity index (χ2n) is 3.94. The Balaban J connectivity index is 2.85. The SMILES string of the molecule is CCc1ccc(C(C)(N)CCO)cc1. The summed E-state index contributed by atoms with van der Waals surface area (Å²) in [7, 11) is 0. The van der Waals surface area contributed by atoms with Crippen LogP contribution < -0.4 is 5.73 Å².